The van der Waals surface area contributed by atoms with Gasteiger partial charge < -0.3 is 16.0 Å². The van der Waals surface area contributed by atoms with E-state index in [-0.39, 0.29) is 36.7 Å². The molecule has 0 fully saturated rings. The summed E-state index contributed by atoms with van der Waals surface area (Å²) in [7, 11) is 0. The molecule has 1 atom stereocenters. The minimum Gasteiger partial charge on any atom is -0.383 e. The van der Waals surface area contributed by atoms with Gasteiger partial charge >= 0.3 is 18.0 Å². The Morgan fingerprint density at radius 2 is 1.86 bits per heavy atom. The van der Waals surface area contributed by atoms with Gasteiger partial charge in [0.15, 0.2) is 0 Å². The fraction of sp³-hybridized carbons (Fsp3) is 0.136. The molecule has 0 saturated carbocycles. The lowest BCUT2D eigenvalue weighted by Crippen LogP contribution is -2.39. The van der Waals surface area contributed by atoms with E-state index in [0.717, 1.165) is 17.0 Å². The van der Waals surface area contributed by atoms with Gasteiger partial charge in [0, 0.05) is 17.8 Å². The number of aromatic nitrogens is 4. The first-order valence-electron chi connectivity index (χ1n) is 10.4. The highest BCUT2D eigenvalue weighted by Gasteiger charge is 2.31. The first-order chi connectivity index (χ1) is 17.6. The predicted octanol–water partition coefficient (Wildman–Crippen LogP) is 5.04. The second-order valence-electron chi connectivity index (χ2n) is 7.70. The Balaban J connectivity index is 1.62. The number of amides is 2. The zero-order valence-electron chi connectivity index (χ0n) is 18.6. The van der Waals surface area contributed by atoms with E-state index in [9.17, 15) is 22.8 Å². The van der Waals surface area contributed by atoms with Gasteiger partial charge in [-0.15, -0.1) is 0 Å². The lowest BCUT2D eigenvalue weighted by molar-refractivity contribution is -0.144. The Hall–Kier alpha value is -3.03. The molecule has 37 heavy (non-hydrogen) atoms. The van der Waals surface area contributed by atoms with Crippen molar-refractivity contribution in [3.05, 3.63) is 76.8 Å². The first kappa shape index (κ1) is 27.0. The number of hydrogen-bond acceptors (Lipinski definition) is 6. The van der Waals surface area contributed by atoms with Crippen LogP contribution in [0.25, 0.3) is 10.9 Å². The van der Waals surface area contributed by atoms with Crippen molar-refractivity contribution in [2.45, 2.75) is 19.3 Å². The summed E-state index contributed by atoms with van der Waals surface area (Å²) in [6.45, 7) is -0.324. The number of anilines is 2. The molecule has 4 rings (SSSR count). The summed E-state index contributed by atoms with van der Waals surface area (Å²) in [6, 6.07) is 8.73. The summed E-state index contributed by atoms with van der Waals surface area (Å²) in [5.41, 5.74) is 6.42. The van der Waals surface area contributed by atoms with Gasteiger partial charge in [-0.1, -0.05) is 29.8 Å². The van der Waals surface area contributed by atoms with Crippen molar-refractivity contribution in [2.75, 3.05) is 11.1 Å². The number of benzene rings is 1. The minimum absolute atomic E-state index is 0.0862. The normalized spacial score (nSPS) is 11.8. The van der Waals surface area contributed by atoms with E-state index in [4.69, 9.17) is 17.3 Å². The zero-order chi connectivity index (χ0) is 26.7. The van der Waals surface area contributed by atoms with Crippen LogP contribution < -0.4 is 11.1 Å². The molecule has 15 heteroatoms. The highest BCUT2D eigenvalue weighted by Crippen LogP contribution is 2.34. The Kier molecular flexibility index (Phi) is 8.14. The Morgan fingerprint density at radius 1 is 1.11 bits per heavy atom. The van der Waals surface area contributed by atoms with Crippen LogP contribution in [0.15, 0.2) is 55.0 Å². The molecule has 0 bridgehead atoms. The number of nitrogens with zero attached hydrogens (tertiary/aromatic N) is 5. The number of nitrogen functional groups attached to an aromatic ring is 1. The maximum atomic E-state index is 13.3. The van der Waals surface area contributed by atoms with E-state index in [1.54, 1.807) is 28.7 Å². The molecule has 3 heterocycles. The number of carbonyl (C=O) groups is 2. The first-order valence-corrected chi connectivity index (χ1v) is 14.9. The molecule has 0 aliphatic heterocycles. The topological polar surface area (TPSA) is 119 Å². The molecule has 4 aromatic rings. The van der Waals surface area contributed by atoms with Crippen molar-refractivity contribution < 1.29 is 22.8 Å². The van der Waals surface area contributed by atoms with Crippen molar-refractivity contribution >= 4 is 74.2 Å². The summed E-state index contributed by atoms with van der Waals surface area (Å²) >= 11 is 8.36. The molecular formula is C22H17ClF3IN7O2P. The van der Waals surface area contributed by atoms with Gasteiger partial charge in [-0.05, 0) is 45.8 Å². The highest BCUT2D eigenvalue weighted by molar-refractivity contribution is 14.2. The Bertz CT molecular complexity index is 1470. The third-order valence-corrected chi connectivity index (χ3v) is 7.51. The van der Waals surface area contributed by atoms with Crippen LogP contribution in [0, 0.1) is 0 Å². The van der Waals surface area contributed by atoms with Crippen molar-refractivity contribution in [3.63, 3.8) is 0 Å². The van der Waals surface area contributed by atoms with Gasteiger partial charge in [0.25, 0.3) is 0 Å². The van der Waals surface area contributed by atoms with Crippen LogP contribution in [0.4, 0.5) is 24.7 Å². The second-order valence-corrected chi connectivity index (χ2v) is 10.2. The van der Waals surface area contributed by atoms with E-state index < -0.39 is 23.6 Å². The van der Waals surface area contributed by atoms with Crippen LogP contribution in [0.2, 0.25) is 5.02 Å². The molecule has 0 saturated heterocycles. The van der Waals surface area contributed by atoms with E-state index in [0.29, 0.717) is 27.7 Å². The quantitative estimate of drug-likeness (QED) is 0.170. The number of halogens is 5. The Morgan fingerprint density at radius 3 is 2.51 bits per heavy atom. The highest BCUT2D eigenvalue weighted by atomic mass is 127. The maximum absolute atomic E-state index is 13.3. The summed E-state index contributed by atoms with van der Waals surface area (Å²) in [5, 5.41) is 7.65. The number of pyridine rings is 2. The van der Waals surface area contributed by atoms with Crippen LogP contribution in [0.5, 0.6) is 0 Å². The van der Waals surface area contributed by atoms with Crippen LogP contribution in [-0.2, 0) is 28.9 Å². The van der Waals surface area contributed by atoms with E-state index >= 15 is 0 Å². The number of nitrogens with two attached hydrogens (primary N) is 1. The van der Waals surface area contributed by atoms with Gasteiger partial charge in [0.1, 0.15) is 11.3 Å². The van der Waals surface area contributed by atoms with Crippen molar-refractivity contribution in [3.8, 4) is 0 Å². The average molecular weight is 662 g/mol. The largest absolute Gasteiger partial charge is 0.417 e. The molecular weight excluding hydrogens is 645 g/mol. The van der Waals surface area contributed by atoms with Crippen molar-refractivity contribution in [2.24, 2.45) is 0 Å². The van der Waals surface area contributed by atoms with Crippen LogP contribution >= 0.6 is 40.0 Å². The van der Waals surface area contributed by atoms with Crippen LogP contribution in [0.1, 0.15) is 16.8 Å². The molecule has 2 amide bonds. The molecule has 1 unspecified atom stereocenters. The predicted molar refractivity (Wildman–Crippen MR) is 143 cm³/mol. The zero-order valence-corrected chi connectivity index (χ0v) is 22.5. The third kappa shape index (κ3) is 6.11. The molecule has 9 nitrogen and oxygen atoms in total. The van der Waals surface area contributed by atoms with Gasteiger partial charge in [-0.2, -0.15) is 18.3 Å². The number of hydrogen-bond donors (Lipinski definition) is 2. The molecule has 1 aromatic carbocycles. The number of carbonyl (C=O) groups excluding carboxylic acids is 2. The maximum Gasteiger partial charge on any atom is 0.417 e. The molecule has 0 radical (unpaired) electrons. The SMILES string of the molecule is Nc1ncc(NC(=O)C(=O)N(Cc2ccc(C(F)(F)F)cn2)Cc2ccccc2Cl)c2c1cnn2PI. The van der Waals surface area contributed by atoms with E-state index in [2.05, 4.69) is 42.4 Å². The molecule has 3 aromatic heterocycles. The van der Waals surface area contributed by atoms with Crippen LogP contribution in [0.3, 0.4) is 0 Å². The molecule has 3 N–H and O–H groups in total. The van der Waals surface area contributed by atoms with Gasteiger partial charge in [0.2, 0.25) is 0 Å². The number of rotatable bonds is 6. The molecule has 192 valence electrons. The fourth-order valence-electron chi connectivity index (χ4n) is 3.45. The number of alkyl halides is 3. The average Bonchev–Trinajstić information content (AvgIpc) is 3.31. The third-order valence-electron chi connectivity index (χ3n) is 5.27. The summed E-state index contributed by atoms with van der Waals surface area (Å²) in [6.07, 6.45) is -0.849. The van der Waals surface area contributed by atoms with Gasteiger partial charge in [0.05, 0.1) is 47.6 Å². The number of fused-ring (bicyclic) bond motifs is 1. The van der Waals surface area contributed by atoms with Crippen LogP contribution in [-0.4, -0.2) is 36.2 Å². The number of nitrogens with one attached hydrogen (secondary N) is 1. The summed E-state index contributed by atoms with van der Waals surface area (Å²) in [4.78, 5) is 35.4. The van der Waals surface area contributed by atoms with Crippen molar-refractivity contribution in [1.82, 2.24) is 24.4 Å². The molecule has 0 spiro atoms. The van der Waals surface area contributed by atoms with E-state index in [1.165, 1.54) is 12.4 Å². The molecule has 0 aliphatic carbocycles. The lowest BCUT2D eigenvalue weighted by atomic mass is 10.2. The van der Waals surface area contributed by atoms with Crippen molar-refractivity contribution in [1.29, 1.82) is 0 Å². The minimum atomic E-state index is -4.55. The monoisotopic (exact) mass is 661 g/mol. The van der Waals surface area contributed by atoms with Gasteiger partial charge in [-0.3, -0.25) is 14.6 Å². The summed E-state index contributed by atoms with van der Waals surface area (Å²) < 4.78 is 40.4. The second kappa shape index (κ2) is 11.2. The fourth-order valence-corrected chi connectivity index (χ4v) is 5.17. The standard InChI is InChI=1S/C22H17ClF3IN7O2P/c23-16-4-2-1-3-12(16)10-33(11-14-6-5-13(7-29-14)22(24,25)26)21(36)20(35)32-17-9-30-19(28)15-8-31-34(37-27)18(15)17/h1-9,37H,10-11H2,(H2,28,30)(H,32,35). The van der Waals surface area contributed by atoms with Gasteiger partial charge in [-0.25, -0.2) is 9.44 Å². The Labute approximate surface area is 227 Å². The lowest BCUT2D eigenvalue weighted by Gasteiger charge is -2.23. The summed E-state index contributed by atoms with van der Waals surface area (Å²) in [5.74, 6) is -1.72. The molecule has 0 aliphatic rings. The van der Waals surface area contributed by atoms with E-state index in [1.807, 2.05) is 0 Å². The smallest absolute Gasteiger partial charge is 0.383 e.